The largest absolute Gasteiger partial charge is 0.468 e. The third-order valence-electron chi connectivity index (χ3n) is 7.17. The smallest absolute Gasteiger partial charge is 0.417 e. The van der Waals surface area contributed by atoms with Crippen molar-refractivity contribution < 1.29 is 27.5 Å². The zero-order valence-corrected chi connectivity index (χ0v) is 22.3. The normalized spacial score (nSPS) is 20.0. The highest BCUT2D eigenvalue weighted by Gasteiger charge is 2.49. The van der Waals surface area contributed by atoms with Gasteiger partial charge in [0.25, 0.3) is 5.91 Å². The topological polar surface area (TPSA) is 76.9 Å². The number of halogens is 3. The van der Waals surface area contributed by atoms with Crippen molar-refractivity contribution in [3.05, 3.63) is 29.3 Å². The molecule has 1 atom stereocenters. The lowest BCUT2D eigenvalue weighted by Gasteiger charge is -2.29. The van der Waals surface area contributed by atoms with Gasteiger partial charge in [-0.1, -0.05) is 19.3 Å². The highest BCUT2D eigenvalue weighted by atomic mass is 32.1. The van der Waals surface area contributed by atoms with E-state index in [2.05, 4.69) is 4.90 Å². The number of rotatable bonds is 10. The number of amides is 1. The summed E-state index contributed by atoms with van der Waals surface area (Å²) in [6, 6.07) is 4.62. The Bertz CT molecular complexity index is 1070. The molecule has 0 spiro atoms. The number of carbonyl (C=O) groups excluding carboxylic acids is 2. The molecule has 2 fully saturated rings. The lowest BCUT2D eigenvalue weighted by Crippen LogP contribution is -2.44. The lowest BCUT2D eigenvalue weighted by molar-refractivity contribution is -0.145. The fraction of sp³-hybridized carbons (Fsp3) is 0.615. The molecule has 2 aliphatic heterocycles. The fourth-order valence-corrected chi connectivity index (χ4v) is 5.56. The molecule has 1 aromatic rings. The van der Waals surface area contributed by atoms with Crippen molar-refractivity contribution in [2.24, 2.45) is 0 Å². The minimum absolute atomic E-state index is 0.00377. The van der Waals surface area contributed by atoms with Crippen LogP contribution in [0.3, 0.4) is 0 Å². The van der Waals surface area contributed by atoms with Gasteiger partial charge in [0, 0.05) is 6.54 Å². The maximum atomic E-state index is 13.5. The summed E-state index contributed by atoms with van der Waals surface area (Å²) >= 11 is 5.53. The molecule has 202 valence electrons. The first-order valence-corrected chi connectivity index (χ1v) is 12.9. The van der Waals surface area contributed by atoms with E-state index in [1.807, 2.05) is 0 Å². The van der Waals surface area contributed by atoms with E-state index in [0.29, 0.717) is 6.54 Å². The second-order valence-electron chi connectivity index (χ2n) is 9.96. The van der Waals surface area contributed by atoms with E-state index in [1.54, 1.807) is 24.8 Å². The number of methoxy groups -OCH3 is 1. The van der Waals surface area contributed by atoms with E-state index in [4.69, 9.17) is 22.2 Å². The molecular formula is C26H33F3N4O3S. The fourth-order valence-electron chi connectivity index (χ4n) is 5.05. The van der Waals surface area contributed by atoms with Crippen LogP contribution in [0.1, 0.15) is 69.9 Å². The summed E-state index contributed by atoms with van der Waals surface area (Å²) in [4.78, 5) is 30.1. The molecule has 2 heterocycles. The van der Waals surface area contributed by atoms with Gasteiger partial charge in [0.1, 0.15) is 11.6 Å². The molecule has 1 aromatic carbocycles. The van der Waals surface area contributed by atoms with Gasteiger partial charge in [-0.25, -0.2) is 0 Å². The Balaban J connectivity index is 1.53. The van der Waals surface area contributed by atoms with Gasteiger partial charge >= 0.3 is 12.1 Å². The number of carbonyl (C=O) groups is 2. The molecule has 0 bridgehead atoms. The summed E-state index contributed by atoms with van der Waals surface area (Å²) in [5.74, 6) is -0.568. The SMILES string of the molecule is COC(=O)C1CCCN1CCCCCCCN1C(=S)N(c2ccc(C#N)c(C(F)(F)F)c2)C(=O)C1(C)C. The Hall–Kier alpha value is -2.71. The van der Waals surface area contributed by atoms with E-state index in [9.17, 15) is 22.8 Å². The first kappa shape index (κ1) is 28.9. The first-order valence-electron chi connectivity index (χ1n) is 12.5. The zero-order valence-electron chi connectivity index (χ0n) is 21.4. The highest BCUT2D eigenvalue weighted by Crippen LogP contribution is 2.38. The third-order valence-corrected chi connectivity index (χ3v) is 7.58. The predicted octanol–water partition coefficient (Wildman–Crippen LogP) is 4.88. The number of hydrogen-bond donors (Lipinski definition) is 0. The third kappa shape index (κ3) is 6.24. The monoisotopic (exact) mass is 538 g/mol. The molecule has 11 heteroatoms. The molecule has 1 amide bonds. The van der Waals surface area contributed by atoms with Crippen LogP contribution in [-0.2, 0) is 20.5 Å². The summed E-state index contributed by atoms with van der Waals surface area (Å²) in [6.07, 6.45) is 1.78. The number of alkyl halides is 3. The van der Waals surface area contributed by atoms with Crippen molar-refractivity contribution >= 4 is 34.9 Å². The molecule has 2 aliphatic rings. The van der Waals surface area contributed by atoms with Crippen molar-refractivity contribution in [1.29, 1.82) is 5.26 Å². The number of esters is 1. The van der Waals surface area contributed by atoms with Crippen molar-refractivity contribution in [2.75, 3.05) is 31.6 Å². The van der Waals surface area contributed by atoms with Gasteiger partial charge < -0.3 is 9.64 Å². The highest BCUT2D eigenvalue weighted by molar-refractivity contribution is 7.80. The number of nitrogens with zero attached hydrogens (tertiary/aromatic N) is 4. The molecule has 0 N–H and O–H groups in total. The van der Waals surface area contributed by atoms with E-state index in [-0.39, 0.29) is 22.8 Å². The summed E-state index contributed by atoms with van der Waals surface area (Å²) in [5, 5.41) is 9.22. The molecule has 2 saturated heterocycles. The van der Waals surface area contributed by atoms with Crippen LogP contribution in [0.5, 0.6) is 0 Å². The Kier molecular flexibility index (Phi) is 9.18. The van der Waals surface area contributed by atoms with Crippen LogP contribution >= 0.6 is 12.2 Å². The molecule has 0 aromatic heterocycles. The van der Waals surface area contributed by atoms with Crippen molar-refractivity contribution in [3.63, 3.8) is 0 Å². The summed E-state index contributed by atoms with van der Waals surface area (Å²) in [6.45, 7) is 5.70. The minimum Gasteiger partial charge on any atom is -0.468 e. The number of hydrogen-bond acceptors (Lipinski definition) is 6. The van der Waals surface area contributed by atoms with Gasteiger partial charge in [-0.2, -0.15) is 18.4 Å². The van der Waals surface area contributed by atoms with Crippen LogP contribution in [0.15, 0.2) is 18.2 Å². The van der Waals surface area contributed by atoms with Crippen molar-refractivity contribution in [2.45, 2.75) is 76.6 Å². The van der Waals surface area contributed by atoms with Crippen LogP contribution < -0.4 is 4.90 Å². The van der Waals surface area contributed by atoms with Gasteiger partial charge in [0.05, 0.1) is 30.0 Å². The molecule has 37 heavy (non-hydrogen) atoms. The summed E-state index contributed by atoms with van der Waals surface area (Å²) in [5.41, 5.74) is -2.59. The number of ether oxygens (including phenoxy) is 1. The first-order chi connectivity index (χ1) is 17.4. The average Bonchev–Trinajstić information content (AvgIpc) is 3.38. The van der Waals surface area contributed by atoms with Crippen molar-refractivity contribution in [1.82, 2.24) is 9.80 Å². The Morgan fingerprint density at radius 1 is 1.19 bits per heavy atom. The maximum absolute atomic E-state index is 13.5. The Labute approximate surface area is 221 Å². The molecule has 3 rings (SSSR count). The van der Waals surface area contributed by atoms with Gasteiger partial charge in [0.15, 0.2) is 5.11 Å². The molecule has 0 aliphatic carbocycles. The van der Waals surface area contributed by atoms with Crippen LogP contribution in [0.4, 0.5) is 18.9 Å². The van der Waals surface area contributed by atoms with Crippen LogP contribution in [-0.4, -0.2) is 65.1 Å². The second kappa shape index (κ2) is 11.8. The molecule has 1 unspecified atom stereocenters. The second-order valence-corrected chi connectivity index (χ2v) is 10.3. The van der Waals surface area contributed by atoms with E-state index < -0.39 is 28.7 Å². The van der Waals surface area contributed by atoms with E-state index in [0.717, 1.165) is 75.1 Å². The average molecular weight is 539 g/mol. The standard InChI is InChI=1S/C26H33F3N4O3S/c1-25(2)23(35)33(19-12-11-18(17-30)20(16-19)26(27,28)29)24(37)32(25)15-8-6-4-5-7-13-31-14-9-10-21(31)22(34)36-3/h11-12,16,21H,4-10,13-15H2,1-3H3. The quantitative estimate of drug-likeness (QED) is 0.239. The lowest BCUT2D eigenvalue weighted by atomic mass is 10.0. The Morgan fingerprint density at radius 3 is 2.46 bits per heavy atom. The number of likely N-dealkylation sites (tertiary alicyclic amines) is 1. The molecule has 0 radical (unpaired) electrons. The van der Waals surface area contributed by atoms with Gasteiger partial charge in [-0.05, 0) is 83.0 Å². The predicted molar refractivity (Wildman–Crippen MR) is 137 cm³/mol. The molecule has 7 nitrogen and oxygen atoms in total. The minimum atomic E-state index is -4.73. The number of benzene rings is 1. The summed E-state index contributed by atoms with van der Waals surface area (Å²) < 4.78 is 45.3. The Morgan fingerprint density at radius 2 is 1.84 bits per heavy atom. The van der Waals surface area contributed by atoms with Crippen LogP contribution in [0.2, 0.25) is 0 Å². The van der Waals surface area contributed by atoms with E-state index in [1.165, 1.54) is 13.2 Å². The van der Waals surface area contributed by atoms with Gasteiger partial charge in [-0.15, -0.1) is 0 Å². The number of nitriles is 1. The maximum Gasteiger partial charge on any atom is 0.417 e. The van der Waals surface area contributed by atoms with Crippen molar-refractivity contribution in [3.8, 4) is 6.07 Å². The van der Waals surface area contributed by atoms with Crippen LogP contribution in [0.25, 0.3) is 0 Å². The number of thiocarbonyl (C=S) groups is 1. The number of unbranched alkanes of at least 4 members (excludes halogenated alkanes) is 4. The molecular weight excluding hydrogens is 505 g/mol. The van der Waals surface area contributed by atoms with E-state index >= 15 is 0 Å². The molecule has 0 saturated carbocycles. The van der Waals surface area contributed by atoms with Gasteiger partial charge in [-0.3, -0.25) is 19.4 Å². The summed E-state index contributed by atoms with van der Waals surface area (Å²) in [7, 11) is 1.42. The van der Waals surface area contributed by atoms with Crippen LogP contribution in [0, 0.1) is 11.3 Å². The van der Waals surface area contributed by atoms with Gasteiger partial charge in [0.2, 0.25) is 0 Å². The zero-order chi connectivity index (χ0) is 27.4. The number of anilines is 1.